The van der Waals surface area contributed by atoms with E-state index in [0.29, 0.717) is 31.5 Å². The summed E-state index contributed by atoms with van der Waals surface area (Å²) in [6.07, 6.45) is 5.41. The number of aliphatic hydroxyl groups is 1. The van der Waals surface area contributed by atoms with Crippen LogP contribution in [-0.4, -0.2) is 36.3 Å². The van der Waals surface area contributed by atoms with Crippen molar-refractivity contribution >= 4 is 22.8 Å². The van der Waals surface area contributed by atoms with Crippen molar-refractivity contribution < 1.29 is 19.7 Å². The molecule has 1 fully saturated rings. The van der Waals surface area contributed by atoms with Crippen LogP contribution < -0.4 is 10.5 Å². The highest BCUT2D eigenvalue weighted by Crippen LogP contribution is 2.41. The lowest BCUT2D eigenvalue weighted by molar-refractivity contribution is -0.144. The van der Waals surface area contributed by atoms with Crippen molar-refractivity contribution in [2.45, 2.75) is 43.7 Å². The van der Waals surface area contributed by atoms with Crippen molar-refractivity contribution in [3.63, 3.8) is 0 Å². The van der Waals surface area contributed by atoms with Gasteiger partial charge in [0.25, 0.3) is 0 Å². The summed E-state index contributed by atoms with van der Waals surface area (Å²) in [5.41, 5.74) is 7.74. The van der Waals surface area contributed by atoms with Gasteiger partial charge in [0.2, 0.25) is 0 Å². The van der Waals surface area contributed by atoms with Crippen molar-refractivity contribution in [1.29, 1.82) is 0 Å². The first-order valence-corrected chi connectivity index (χ1v) is 11.3. The molecular weight excluding hydrogens is 432 g/mol. The van der Waals surface area contributed by atoms with Crippen molar-refractivity contribution in [2.75, 3.05) is 5.73 Å². The molecule has 2 aromatic heterocycles. The molecule has 34 heavy (non-hydrogen) atoms. The van der Waals surface area contributed by atoms with E-state index < -0.39 is 11.6 Å². The first-order chi connectivity index (χ1) is 16.4. The molecule has 0 radical (unpaired) electrons. The Bertz CT molecular complexity index is 1310. The zero-order valence-electron chi connectivity index (χ0n) is 18.6. The highest BCUT2D eigenvalue weighted by molar-refractivity contribution is 6.00. The molecule has 5 rings (SSSR count). The van der Waals surface area contributed by atoms with Gasteiger partial charge in [-0.25, -0.2) is 9.97 Å². The summed E-state index contributed by atoms with van der Waals surface area (Å²) >= 11 is 0. The Kier molecular flexibility index (Phi) is 5.67. The number of carbonyl (C=O) groups is 1. The van der Waals surface area contributed by atoms with Gasteiger partial charge >= 0.3 is 5.97 Å². The van der Waals surface area contributed by atoms with Gasteiger partial charge in [0.1, 0.15) is 29.3 Å². The summed E-state index contributed by atoms with van der Waals surface area (Å²) in [7, 11) is 0. The first-order valence-electron chi connectivity index (χ1n) is 11.3. The Morgan fingerprint density at radius 1 is 1.06 bits per heavy atom. The summed E-state index contributed by atoms with van der Waals surface area (Å²) < 4.78 is 8.00. The van der Waals surface area contributed by atoms with Crippen LogP contribution in [0.1, 0.15) is 38.1 Å². The Balaban J connectivity index is 1.45. The van der Waals surface area contributed by atoms with Gasteiger partial charge in [-0.1, -0.05) is 30.3 Å². The molecule has 0 amide bonds. The lowest BCUT2D eigenvalue weighted by Gasteiger charge is -2.35. The van der Waals surface area contributed by atoms with E-state index in [1.807, 2.05) is 60.8 Å². The fourth-order valence-corrected chi connectivity index (χ4v) is 4.81. The number of nitrogens with two attached hydrogens (primary N) is 1. The van der Waals surface area contributed by atoms with Crippen LogP contribution in [0.3, 0.4) is 0 Å². The molecule has 0 atom stereocenters. The van der Waals surface area contributed by atoms with Gasteiger partial charge in [-0.05, 0) is 55.5 Å². The number of rotatable bonds is 6. The number of nitrogen functional groups attached to an aromatic ring is 1. The average molecular weight is 459 g/mol. The van der Waals surface area contributed by atoms with Gasteiger partial charge < -0.3 is 25.3 Å². The molecule has 8 heteroatoms. The second-order valence-corrected chi connectivity index (χ2v) is 8.87. The molecule has 4 aromatic rings. The fraction of sp³-hybridized carbons (Fsp3) is 0.269. The Hall–Kier alpha value is -3.91. The number of aromatic nitrogens is 3. The highest BCUT2D eigenvalue weighted by atomic mass is 16.5. The average Bonchev–Trinajstić information content (AvgIpc) is 3.21. The van der Waals surface area contributed by atoms with Crippen LogP contribution >= 0.6 is 0 Å². The van der Waals surface area contributed by atoms with Crippen LogP contribution in [0, 0.1) is 0 Å². The molecule has 2 heterocycles. The third kappa shape index (κ3) is 4.32. The topological polar surface area (TPSA) is 123 Å². The predicted molar refractivity (Wildman–Crippen MR) is 129 cm³/mol. The van der Waals surface area contributed by atoms with E-state index in [1.54, 1.807) is 0 Å². The van der Waals surface area contributed by atoms with Crippen LogP contribution in [0.5, 0.6) is 11.5 Å². The van der Waals surface area contributed by atoms with E-state index in [-0.39, 0.29) is 12.5 Å². The molecular formula is C26H26N4O4. The molecule has 0 spiro atoms. The summed E-state index contributed by atoms with van der Waals surface area (Å²) in [5, 5.41) is 20.5. The summed E-state index contributed by atoms with van der Waals surface area (Å²) in [4.78, 5) is 19.8. The summed E-state index contributed by atoms with van der Waals surface area (Å²) in [6.45, 7) is 0. The first kappa shape index (κ1) is 21.9. The largest absolute Gasteiger partial charge is 0.481 e. The molecule has 4 N–H and O–H groups in total. The van der Waals surface area contributed by atoms with Gasteiger partial charge in [0.15, 0.2) is 0 Å². The predicted octanol–water partition coefficient (Wildman–Crippen LogP) is 4.79. The van der Waals surface area contributed by atoms with E-state index in [9.17, 15) is 9.90 Å². The molecule has 0 unspecified atom stereocenters. The molecule has 8 nitrogen and oxygen atoms in total. The van der Waals surface area contributed by atoms with Gasteiger partial charge in [-0.3, -0.25) is 4.79 Å². The standard InChI is InChI=1S/C26H26N4O4/c27-24-23-21(17-6-8-20(9-7-17)34-19-4-2-1-3-5-19)15-30(25(23)29-16-28-24)18-10-12-26(33,13-11-18)14-22(31)32/h1-9,15-16,18,33H,10-14H2,(H,31,32)(H2,27,28,29)/t18-,26-. The maximum absolute atomic E-state index is 11.1. The molecule has 1 saturated carbocycles. The Morgan fingerprint density at radius 3 is 2.41 bits per heavy atom. The SMILES string of the molecule is Nc1ncnc2c1c(-c1ccc(Oc3ccccc3)cc1)cn2[C@H]1CC[C@@](O)(CC(=O)O)CC1. The normalized spacial score (nSPS) is 20.3. The second-order valence-electron chi connectivity index (χ2n) is 8.87. The number of ether oxygens (including phenoxy) is 1. The monoisotopic (exact) mass is 458 g/mol. The number of nitrogens with zero attached hydrogens (tertiary/aromatic N) is 3. The van der Waals surface area contributed by atoms with E-state index in [2.05, 4.69) is 14.5 Å². The smallest absolute Gasteiger partial charge is 0.306 e. The molecule has 1 aliphatic rings. The van der Waals surface area contributed by atoms with E-state index >= 15 is 0 Å². The third-order valence-electron chi connectivity index (χ3n) is 6.54. The van der Waals surface area contributed by atoms with Crippen LogP contribution in [-0.2, 0) is 4.79 Å². The van der Waals surface area contributed by atoms with Gasteiger partial charge in [0, 0.05) is 17.8 Å². The van der Waals surface area contributed by atoms with Gasteiger partial charge in [-0.2, -0.15) is 0 Å². The number of benzene rings is 2. The molecule has 174 valence electrons. The quantitative estimate of drug-likeness (QED) is 0.379. The maximum Gasteiger partial charge on any atom is 0.306 e. The van der Waals surface area contributed by atoms with Crippen LogP contribution in [0.15, 0.2) is 67.1 Å². The van der Waals surface area contributed by atoms with E-state index in [1.165, 1.54) is 6.33 Å². The number of hydrogen-bond acceptors (Lipinski definition) is 6. The fourth-order valence-electron chi connectivity index (χ4n) is 4.81. The van der Waals surface area contributed by atoms with Crippen molar-refractivity contribution in [2.24, 2.45) is 0 Å². The number of anilines is 1. The molecule has 2 aromatic carbocycles. The van der Waals surface area contributed by atoms with Crippen LogP contribution in [0.4, 0.5) is 5.82 Å². The van der Waals surface area contributed by atoms with Crippen molar-refractivity contribution in [1.82, 2.24) is 14.5 Å². The Labute approximate surface area is 196 Å². The molecule has 1 aliphatic carbocycles. The van der Waals surface area contributed by atoms with E-state index in [4.69, 9.17) is 15.6 Å². The minimum absolute atomic E-state index is 0.0836. The zero-order valence-corrected chi connectivity index (χ0v) is 18.6. The number of carboxylic acids is 1. The molecule has 0 bridgehead atoms. The lowest BCUT2D eigenvalue weighted by atomic mass is 9.80. The minimum Gasteiger partial charge on any atom is -0.481 e. The molecule has 0 aliphatic heterocycles. The van der Waals surface area contributed by atoms with Crippen molar-refractivity contribution in [3.05, 3.63) is 67.1 Å². The van der Waals surface area contributed by atoms with Crippen LogP contribution in [0.25, 0.3) is 22.2 Å². The Morgan fingerprint density at radius 2 is 1.74 bits per heavy atom. The summed E-state index contributed by atoms with van der Waals surface area (Å²) in [6, 6.07) is 17.5. The zero-order chi connectivity index (χ0) is 23.7. The second kappa shape index (κ2) is 8.79. The minimum atomic E-state index is -1.16. The molecule has 0 saturated heterocycles. The van der Waals surface area contributed by atoms with Gasteiger partial charge in [0.05, 0.1) is 17.4 Å². The summed E-state index contributed by atoms with van der Waals surface area (Å²) in [5.74, 6) is 0.925. The van der Waals surface area contributed by atoms with Crippen LogP contribution in [0.2, 0.25) is 0 Å². The lowest BCUT2D eigenvalue weighted by Crippen LogP contribution is -2.36. The number of carboxylic acid groups (broad SMARTS) is 1. The number of aliphatic carboxylic acids is 1. The van der Waals surface area contributed by atoms with Crippen molar-refractivity contribution in [3.8, 4) is 22.6 Å². The number of fused-ring (bicyclic) bond motifs is 1. The van der Waals surface area contributed by atoms with E-state index in [0.717, 1.165) is 33.7 Å². The number of para-hydroxylation sites is 1. The maximum atomic E-state index is 11.1. The van der Waals surface area contributed by atoms with Gasteiger partial charge in [-0.15, -0.1) is 0 Å². The third-order valence-corrected chi connectivity index (χ3v) is 6.54. The number of hydrogen-bond donors (Lipinski definition) is 3. The highest BCUT2D eigenvalue weighted by Gasteiger charge is 2.36.